The molecular formula is C20H22N2O4S. The van der Waals surface area contributed by atoms with Gasteiger partial charge in [-0.2, -0.15) is 5.06 Å². The molecule has 0 N–H and O–H groups in total. The van der Waals surface area contributed by atoms with Gasteiger partial charge >= 0.3 is 0 Å². The van der Waals surface area contributed by atoms with Crippen LogP contribution in [0, 0.1) is 0 Å². The first kappa shape index (κ1) is 19.3. The van der Waals surface area contributed by atoms with Crippen LogP contribution in [0.3, 0.4) is 0 Å². The summed E-state index contributed by atoms with van der Waals surface area (Å²) in [5.41, 5.74) is 1.43. The summed E-state index contributed by atoms with van der Waals surface area (Å²) in [6.45, 7) is 2.71. The predicted octanol–water partition coefficient (Wildman–Crippen LogP) is 3.50. The molecule has 3 rings (SSSR count). The van der Waals surface area contributed by atoms with E-state index < -0.39 is 6.17 Å². The molecule has 0 radical (unpaired) electrons. The van der Waals surface area contributed by atoms with Gasteiger partial charge in [-0.05, 0) is 48.7 Å². The lowest BCUT2D eigenvalue weighted by Crippen LogP contribution is -2.59. The average Bonchev–Trinajstić information content (AvgIpc) is 2.69. The van der Waals surface area contributed by atoms with Crippen molar-refractivity contribution in [3.8, 4) is 5.75 Å². The van der Waals surface area contributed by atoms with Crippen LogP contribution in [0.25, 0.3) is 0 Å². The number of benzene rings is 2. The number of β-lactam (4-membered cyclic amide) rings is 1. The van der Waals surface area contributed by atoms with Gasteiger partial charge in [0.2, 0.25) is 5.91 Å². The lowest BCUT2D eigenvalue weighted by molar-refractivity contribution is -0.201. The van der Waals surface area contributed by atoms with E-state index in [4.69, 9.17) is 9.57 Å². The van der Waals surface area contributed by atoms with Gasteiger partial charge in [-0.15, -0.1) is 0 Å². The van der Waals surface area contributed by atoms with E-state index in [0.29, 0.717) is 17.9 Å². The fourth-order valence-corrected chi connectivity index (χ4v) is 3.45. The molecule has 0 saturated carbocycles. The quantitative estimate of drug-likeness (QED) is 0.395. The molecule has 1 unspecified atom stereocenters. The van der Waals surface area contributed by atoms with Gasteiger partial charge in [0.25, 0.3) is 5.91 Å². The molecule has 7 heteroatoms. The summed E-state index contributed by atoms with van der Waals surface area (Å²) in [5.74, 6) is 0.404. The van der Waals surface area contributed by atoms with Gasteiger partial charge in [-0.25, -0.2) is 0 Å². The third-order valence-corrected chi connectivity index (χ3v) is 5.01. The van der Waals surface area contributed by atoms with Crippen molar-refractivity contribution >= 4 is 23.8 Å². The molecule has 1 aliphatic heterocycles. The SMILES string of the molecule is CCOc1ccc(C(=O)N(OCc2ccccc2)C2CC(=O)N2SC)cc1. The zero-order valence-electron chi connectivity index (χ0n) is 15.3. The third-order valence-electron chi connectivity index (χ3n) is 4.17. The zero-order chi connectivity index (χ0) is 19.2. The first-order chi connectivity index (χ1) is 13.1. The Balaban J connectivity index is 1.77. The number of carbonyl (C=O) groups excluding carboxylic acids is 2. The molecule has 142 valence electrons. The van der Waals surface area contributed by atoms with E-state index in [1.165, 1.54) is 17.0 Å². The Labute approximate surface area is 163 Å². The summed E-state index contributed by atoms with van der Waals surface area (Å²) >= 11 is 1.29. The van der Waals surface area contributed by atoms with Gasteiger partial charge in [0, 0.05) is 11.8 Å². The summed E-state index contributed by atoms with van der Waals surface area (Å²) in [6.07, 6.45) is 1.63. The van der Waals surface area contributed by atoms with Gasteiger partial charge in [-0.3, -0.25) is 18.7 Å². The Morgan fingerprint density at radius 3 is 2.48 bits per heavy atom. The summed E-state index contributed by atoms with van der Waals surface area (Å²) < 4.78 is 6.98. The fraction of sp³-hybridized carbons (Fsp3) is 0.300. The van der Waals surface area contributed by atoms with Crippen molar-refractivity contribution < 1.29 is 19.2 Å². The number of rotatable bonds is 8. The maximum atomic E-state index is 13.1. The minimum atomic E-state index is -0.421. The number of carbonyl (C=O) groups is 2. The van der Waals surface area contributed by atoms with Crippen LogP contribution in [-0.4, -0.2) is 40.2 Å². The van der Waals surface area contributed by atoms with Crippen molar-refractivity contribution in [3.05, 3.63) is 65.7 Å². The first-order valence-electron chi connectivity index (χ1n) is 8.73. The minimum Gasteiger partial charge on any atom is -0.494 e. The molecule has 1 saturated heterocycles. The van der Waals surface area contributed by atoms with Gasteiger partial charge in [0.05, 0.1) is 13.0 Å². The van der Waals surface area contributed by atoms with Crippen LogP contribution in [0.4, 0.5) is 0 Å². The molecule has 1 atom stereocenters. The zero-order valence-corrected chi connectivity index (χ0v) is 16.1. The lowest BCUT2D eigenvalue weighted by Gasteiger charge is -2.43. The summed E-state index contributed by atoms with van der Waals surface area (Å²) in [4.78, 5) is 30.7. The van der Waals surface area contributed by atoms with Gasteiger partial charge in [0.15, 0.2) is 6.17 Å². The molecule has 1 heterocycles. The monoisotopic (exact) mass is 386 g/mol. The summed E-state index contributed by atoms with van der Waals surface area (Å²) in [6, 6.07) is 16.5. The minimum absolute atomic E-state index is 0.0136. The summed E-state index contributed by atoms with van der Waals surface area (Å²) in [5, 5.41) is 1.31. The Kier molecular flexibility index (Phi) is 6.36. The van der Waals surface area contributed by atoms with E-state index in [0.717, 1.165) is 5.56 Å². The molecular weight excluding hydrogens is 364 g/mol. The number of hydroxylamine groups is 2. The standard InChI is InChI=1S/C20H22N2O4S/c1-3-25-17-11-9-16(10-12-17)20(24)21(18-13-19(23)22(18)27-2)26-14-15-7-5-4-6-8-15/h4-12,18H,3,13-14H2,1-2H3. The molecule has 2 aromatic rings. The van der Waals surface area contributed by atoms with Crippen molar-refractivity contribution in [2.24, 2.45) is 0 Å². The number of amides is 2. The van der Waals surface area contributed by atoms with Crippen LogP contribution in [0.5, 0.6) is 5.75 Å². The smallest absolute Gasteiger partial charge is 0.279 e. The largest absolute Gasteiger partial charge is 0.494 e. The van der Waals surface area contributed by atoms with Gasteiger partial charge in [-0.1, -0.05) is 30.3 Å². The van der Waals surface area contributed by atoms with E-state index in [-0.39, 0.29) is 24.8 Å². The van der Waals surface area contributed by atoms with Crippen LogP contribution in [0.2, 0.25) is 0 Å². The highest BCUT2D eigenvalue weighted by molar-refractivity contribution is 7.96. The average molecular weight is 386 g/mol. The van der Waals surface area contributed by atoms with E-state index in [1.54, 1.807) is 34.8 Å². The molecule has 0 aliphatic carbocycles. The Bertz CT molecular complexity index is 782. The predicted molar refractivity (Wildman–Crippen MR) is 104 cm³/mol. The number of nitrogens with zero attached hydrogens (tertiary/aromatic N) is 2. The Morgan fingerprint density at radius 1 is 1.19 bits per heavy atom. The van der Waals surface area contributed by atoms with Crippen molar-refractivity contribution in [1.29, 1.82) is 0 Å². The first-order valence-corrected chi connectivity index (χ1v) is 9.91. The number of ether oxygens (including phenoxy) is 1. The number of hydrogen-bond acceptors (Lipinski definition) is 5. The molecule has 27 heavy (non-hydrogen) atoms. The second-order valence-corrected chi connectivity index (χ2v) is 6.69. The number of hydrogen-bond donors (Lipinski definition) is 0. The van der Waals surface area contributed by atoms with Crippen molar-refractivity contribution in [3.63, 3.8) is 0 Å². The molecule has 2 amide bonds. The molecule has 1 aliphatic rings. The molecule has 0 spiro atoms. The van der Waals surface area contributed by atoms with E-state index in [9.17, 15) is 9.59 Å². The van der Waals surface area contributed by atoms with Crippen LogP contribution in [-0.2, 0) is 16.2 Å². The van der Waals surface area contributed by atoms with Crippen LogP contribution in [0.15, 0.2) is 54.6 Å². The topological polar surface area (TPSA) is 59.1 Å². The maximum absolute atomic E-state index is 13.1. The molecule has 1 fully saturated rings. The molecule has 0 aromatic heterocycles. The van der Waals surface area contributed by atoms with Crippen molar-refractivity contribution in [2.75, 3.05) is 12.9 Å². The van der Waals surface area contributed by atoms with Crippen LogP contribution < -0.4 is 4.74 Å². The van der Waals surface area contributed by atoms with Gasteiger partial charge < -0.3 is 4.74 Å². The van der Waals surface area contributed by atoms with E-state index >= 15 is 0 Å². The second-order valence-electron chi connectivity index (χ2n) is 5.93. The highest BCUT2D eigenvalue weighted by atomic mass is 32.2. The van der Waals surface area contributed by atoms with E-state index in [1.807, 2.05) is 37.3 Å². The highest BCUT2D eigenvalue weighted by Gasteiger charge is 2.43. The Morgan fingerprint density at radius 2 is 1.89 bits per heavy atom. The second kappa shape index (κ2) is 8.92. The fourth-order valence-electron chi connectivity index (χ4n) is 2.77. The molecule has 2 aromatic carbocycles. The molecule has 6 nitrogen and oxygen atoms in total. The normalized spacial score (nSPS) is 16.0. The summed E-state index contributed by atoms with van der Waals surface area (Å²) in [7, 11) is 0. The van der Waals surface area contributed by atoms with Crippen molar-refractivity contribution in [1.82, 2.24) is 9.37 Å². The molecule has 0 bridgehead atoms. The van der Waals surface area contributed by atoms with Gasteiger partial charge in [0.1, 0.15) is 12.4 Å². The maximum Gasteiger partial charge on any atom is 0.279 e. The van der Waals surface area contributed by atoms with Crippen molar-refractivity contribution in [2.45, 2.75) is 26.1 Å². The van der Waals surface area contributed by atoms with Crippen LogP contribution >= 0.6 is 11.9 Å². The third kappa shape index (κ3) is 4.43. The lowest BCUT2D eigenvalue weighted by atomic mass is 10.1. The van der Waals surface area contributed by atoms with Crippen LogP contribution in [0.1, 0.15) is 29.3 Å². The Hall–Kier alpha value is -2.51. The highest BCUT2D eigenvalue weighted by Crippen LogP contribution is 2.31. The van der Waals surface area contributed by atoms with E-state index in [2.05, 4.69) is 0 Å².